The Morgan fingerprint density at radius 3 is 2.18 bits per heavy atom. The molecule has 1 aromatic rings. The lowest BCUT2D eigenvalue weighted by Gasteiger charge is -2.09. The van der Waals surface area contributed by atoms with Crippen LogP contribution in [-0.4, -0.2) is 19.3 Å². The van der Waals surface area contributed by atoms with Gasteiger partial charge in [0.05, 0.1) is 6.54 Å². The first kappa shape index (κ1) is 13.7. The van der Waals surface area contributed by atoms with E-state index in [0.29, 0.717) is 5.56 Å². The number of hydrogen-bond donors (Lipinski definition) is 1. The highest BCUT2D eigenvalue weighted by Gasteiger charge is 2.25. The van der Waals surface area contributed by atoms with Gasteiger partial charge < -0.3 is 10.1 Å². The molecule has 17 heavy (non-hydrogen) atoms. The minimum absolute atomic E-state index is 0.00840. The van der Waals surface area contributed by atoms with Crippen LogP contribution >= 0.6 is 0 Å². The Morgan fingerprint density at radius 2 is 1.71 bits per heavy atom. The van der Waals surface area contributed by atoms with Crippen molar-refractivity contribution in [2.75, 3.05) is 6.54 Å². The first-order valence-corrected chi connectivity index (χ1v) is 4.68. The van der Waals surface area contributed by atoms with Crippen LogP contribution in [0.25, 0.3) is 0 Å². The molecule has 0 heterocycles. The Morgan fingerprint density at radius 1 is 1.12 bits per heavy atom. The lowest BCUT2D eigenvalue weighted by molar-refractivity contribution is -0.125. The second-order valence-corrected chi connectivity index (χ2v) is 3.24. The van der Waals surface area contributed by atoms with Gasteiger partial charge in [-0.05, 0) is 17.7 Å². The van der Waals surface area contributed by atoms with Crippen LogP contribution in [0.2, 0.25) is 0 Å². The predicted molar refractivity (Wildman–Crippen MR) is 50.8 cm³/mol. The Kier molecular flexibility index (Phi) is 4.68. The molecule has 7 heteroatoms. The minimum atomic E-state index is -4.27. The average Bonchev–Trinajstić information content (AvgIpc) is 2.18. The summed E-state index contributed by atoms with van der Waals surface area (Å²) in [6.45, 7) is -4.00. The first-order valence-electron chi connectivity index (χ1n) is 4.68. The molecular weight excluding hydrogens is 245 g/mol. The topological polar surface area (TPSA) is 21.3 Å². The highest BCUT2D eigenvalue weighted by Crippen LogP contribution is 2.16. The number of halogens is 5. The van der Waals surface area contributed by atoms with Crippen LogP contribution in [0.4, 0.5) is 22.0 Å². The smallest absolute Gasteiger partial charge is 0.401 e. The van der Waals surface area contributed by atoms with Gasteiger partial charge >= 0.3 is 12.8 Å². The van der Waals surface area contributed by atoms with Crippen molar-refractivity contribution in [3.05, 3.63) is 29.8 Å². The van der Waals surface area contributed by atoms with Crippen molar-refractivity contribution in [1.82, 2.24) is 5.32 Å². The van der Waals surface area contributed by atoms with E-state index >= 15 is 0 Å². The monoisotopic (exact) mass is 255 g/mol. The molecule has 0 atom stereocenters. The second-order valence-electron chi connectivity index (χ2n) is 3.24. The predicted octanol–water partition coefficient (Wildman–Crippen LogP) is 2.94. The summed E-state index contributed by atoms with van der Waals surface area (Å²) in [5.41, 5.74) is 0.552. The zero-order valence-corrected chi connectivity index (χ0v) is 8.60. The Bertz CT molecular complexity index is 336. The van der Waals surface area contributed by atoms with Gasteiger partial charge in [-0.25, -0.2) is 0 Å². The Hall–Kier alpha value is -1.37. The molecule has 2 nitrogen and oxygen atoms in total. The highest BCUT2D eigenvalue weighted by atomic mass is 19.4. The van der Waals surface area contributed by atoms with Crippen LogP contribution in [0, 0.1) is 0 Å². The molecular formula is C10H10F5NO. The molecule has 0 bridgehead atoms. The first-order chi connectivity index (χ1) is 7.87. The molecule has 0 aliphatic carbocycles. The minimum Gasteiger partial charge on any atom is -0.435 e. The standard InChI is InChI=1S/C10H10F5NO/c11-9(12)17-8-3-1-7(2-4-8)5-16-6-10(13,14)15/h1-4,9,16H,5-6H2. The fourth-order valence-corrected chi connectivity index (χ4v) is 1.14. The summed E-state index contributed by atoms with van der Waals surface area (Å²) in [7, 11) is 0. The van der Waals surface area contributed by atoms with E-state index in [1.807, 2.05) is 0 Å². The van der Waals surface area contributed by atoms with Gasteiger partial charge in [-0.3, -0.25) is 0 Å². The van der Waals surface area contributed by atoms with Crippen molar-refractivity contribution in [2.24, 2.45) is 0 Å². The van der Waals surface area contributed by atoms with Crippen LogP contribution in [0.1, 0.15) is 5.56 Å². The number of ether oxygens (including phenoxy) is 1. The van der Waals surface area contributed by atoms with Gasteiger partial charge in [0, 0.05) is 6.54 Å². The van der Waals surface area contributed by atoms with E-state index in [1.165, 1.54) is 24.3 Å². The Balaban J connectivity index is 2.40. The molecule has 0 radical (unpaired) electrons. The van der Waals surface area contributed by atoms with E-state index in [-0.39, 0.29) is 12.3 Å². The second kappa shape index (κ2) is 5.81. The summed E-state index contributed by atoms with van der Waals surface area (Å²) in [6, 6.07) is 5.38. The summed E-state index contributed by atoms with van der Waals surface area (Å²) in [4.78, 5) is 0. The molecule has 0 aromatic heterocycles. The number of alkyl halides is 5. The summed E-state index contributed by atoms with van der Waals surface area (Å²) in [5, 5.41) is 2.19. The molecule has 0 spiro atoms. The molecule has 0 fully saturated rings. The quantitative estimate of drug-likeness (QED) is 0.817. The van der Waals surface area contributed by atoms with Gasteiger partial charge in [-0.2, -0.15) is 22.0 Å². The summed E-state index contributed by atoms with van der Waals surface area (Å²) in [5.74, 6) is -0.0282. The fourth-order valence-electron chi connectivity index (χ4n) is 1.14. The molecule has 0 aliphatic rings. The van der Waals surface area contributed by atoms with Gasteiger partial charge in [0.15, 0.2) is 0 Å². The molecule has 1 N–H and O–H groups in total. The van der Waals surface area contributed by atoms with E-state index < -0.39 is 19.3 Å². The molecule has 96 valence electrons. The lowest BCUT2D eigenvalue weighted by Crippen LogP contribution is -2.28. The van der Waals surface area contributed by atoms with Crippen molar-refractivity contribution in [1.29, 1.82) is 0 Å². The largest absolute Gasteiger partial charge is 0.435 e. The zero-order chi connectivity index (χ0) is 12.9. The van der Waals surface area contributed by atoms with E-state index in [0.717, 1.165) is 0 Å². The normalized spacial score (nSPS) is 11.9. The van der Waals surface area contributed by atoms with Crippen molar-refractivity contribution >= 4 is 0 Å². The number of benzene rings is 1. The molecule has 1 aromatic carbocycles. The van der Waals surface area contributed by atoms with Crippen LogP contribution in [0.3, 0.4) is 0 Å². The maximum Gasteiger partial charge on any atom is 0.401 e. The van der Waals surface area contributed by atoms with Crippen LogP contribution < -0.4 is 10.1 Å². The van der Waals surface area contributed by atoms with Gasteiger partial charge in [-0.15, -0.1) is 0 Å². The third-order valence-corrected chi connectivity index (χ3v) is 1.80. The Labute approximate surface area is 94.4 Å². The SMILES string of the molecule is FC(F)Oc1ccc(CNCC(F)(F)F)cc1. The van der Waals surface area contributed by atoms with E-state index in [4.69, 9.17) is 0 Å². The van der Waals surface area contributed by atoms with E-state index in [9.17, 15) is 22.0 Å². The summed E-state index contributed by atoms with van der Waals surface area (Å²) < 4.78 is 63.1. The van der Waals surface area contributed by atoms with Gasteiger partial charge in [-0.1, -0.05) is 12.1 Å². The average molecular weight is 255 g/mol. The molecule has 0 saturated carbocycles. The maximum absolute atomic E-state index is 11.8. The fraction of sp³-hybridized carbons (Fsp3) is 0.400. The van der Waals surface area contributed by atoms with Crippen LogP contribution in [-0.2, 0) is 6.54 Å². The zero-order valence-electron chi connectivity index (χ0n) is 8.60. The summed E-state index contributed by atoms with van der Waals surface area (Å²) in [6.07, 6.45) is -4.27. The lowest BCUT2D eigenvalue weighted by atomic mass is 10.2. The maximum atomic E-state index is 11.8. The third kappa shape index (κ3) is 6.06. The van der Waals surface area contributed by atoms with E-state index in [2.05, 4.69) is 10.1 Å². The highest BCUT2D eigenvalue weighted by molar-refractivity contribution is 5.27. The van der Waals surface area contributed by atoms with Gasteiger partial charge in [0.25, 0.3) is 0 Å². The van der Waals surface area contributed by atoms with Gasteiger partial charge in [0.1, 0.15) is 5.75 Å². The van der Waals surface area contributed by atoms with Crippen molar-refractivity contribution in [2.45, 2.75) is 19.3 Å². The molecule has 0 unspecified atom stereocenters. The van der Waals surface area contributed by atoms with Crippen molar-refractivity contribution in [3.63, 3.8) is 0 Å². The van der Waals surface area contributed by atoms with Gasteiger partial charge in [0.2, 0.25) is 0 Å². The molecule has 0 amide bonds. The third-order valence-electron chi connectivity index (χ3n) is 1.80. The number of hydrogen-bond acceptors (Lipinski definition) is 2. The molecule has 1 rings (SSSR count). The molecule has 0 saturated heterocycles. The van der Waals surface area contributed by atoms with Crippen molar-refractivity contribution in [3.8, 4) is 5.75 Å². The van der Waals surface area contributed by atoms with E-state index in [1.54, 1.807) is 0 Å². The van der Waals surface area contributed by atoms with Crippen LogP contribution in [0.5, 0.6) is 5.75 Å². The molecule has 0 aliphatic heterocycles. The van der Waals surface area contributed by atoms with Crippen molar-refractivity contribution < 1.29 is 26.7 Å². The van der Waals surface area contributed by atoms with Crippen LogP contribution in [0.15, 0.2) is 24.3 Å². The number of nitrogens with one attached hydrogen (secondary N) is 1. The number of rotatable bonds is 5. The summed E-state index contributed by atoms with van der Waals surface area (Å²) >= 11 is 0.